The number of nitrogens with one attached hydrogen (secondary N) is 2. The third-order valence-electron chi connectivity index (χ3n) is 5.25. The average molecular weight is 481 g/mol. The molecule has 1 saturated carbocycles. The molecule has 0 bridgehead atoms. The van der Waals surface area contributed by atoms with Gasteiger partial charge in [-0.05, 0) is 68.0 Å². The van der Waals surface area contributed by atoms with Gasteiger partial charge in [0.25, 0.3) is 0 Å². The van der Waals surface area contributed by atoms with Crippen molar-refractivity contribution in [3.8, 4) is 11.1 Å². The van der Waals surface area contributed by atoms with Crippen molar-refractivity contribution in [2.24, 2.45) is 0 Å². The number of carbonyl (C=O) groups excluding carboxylic acids is 1. The number of alkyl halides is 3. The Labute approximate surface area is 188 Å². The van der Waals surface area contributed by atoms with E-state index in [9.17, 15) is 26.4 Å². The Bertz CT molecular complexity index is 1290. The van der Waals surface area contributed by atoms with E-state index >= 15 is 0 Å². The molecule has 0 saturated heterocycles. The van der Waals surface area contributed by atoms with E-state index < -0.39 is 34.3 Å². The second-order valence-electron chi connectivity index (χ2n) is 8.71. The second kappa shape index (κ2) is 8.14. The Hall–Kier alpha value is -2.92. The van der Waals surface area contributed by atoms with Gasteiger partial charge in [0, 0.05) is 17.3 Å². The first-order chi connectivity index (χ1) is 15.4. The quantitative estimate of drug-likeness (QED) is 0.491. The summed E-state index contributed by atoms with van der Waals surface area (Å²) in [6.45, 7) is 1.85. The minimum Gasteiger partial charge on any atom is -0.457 e. The van der Waals surface area contributed by atoms with Crippen LogP contribution < -0.4 is 4.72 Å². The molecular weight excluding hydrogens is 459 g/mol. The van der Waals surface area contributed by atoms with Crippen molar-refractivity contribution in [1.82, 2.24) is 14.7 Å². The van der Waals surface area contributed by atoms with Crippen LogP contribution in [0, 0.1) is 0 Å². The summed E-state index contributed by atoms with van der Waals surface area (Å²) in [7, 11) is -4.08. The lowest BCUT2D eigenvalue weighted by Gasteiger charge is -2.25. The lowest BCUT2D eigenvalue weighted by molar-refractivity contribution is -0.201. The van der Waals surface area contributed by atoms with Gasteiger partial charge in [-0.1, -0.05) is 12.1 Å². The smallest absolute Gasteiger partial charge is 0.457 e. The van der Waals surface area contributed by atoms with Crippen LogP contribution in [0.15, 0.2) is 47.5 Å². The number of H-pyrrole nitrogens is 1. The molecule has 2 N–H and O–H groups in total. The molecule has 1 aliphatic carbocycles. The number of rotatable bonds is 7. The zero-order valence-electron chi connectivity index (χ0n) is 17.9. The summed E-state index contributed by atoms with van der Waals surface area (Å²) >= 11 is 0. The fourth-order valence-corrected chi connectivity index (χ4v) is 4.91. The number of halogens is 3. The number of esters is 1. The number of hydrogen-bond donors (Lipinski definition) is 2. The van der Waals surface area contributed by atoms with Gasteiger partial charge < -0.3 is 9.72 Å². The molecule has 0 radical (unpaired) electrons. The van der Waals surface area contributed by atoms with Crippen LogP contribution in [0.2, 0.25) is 0 Å². The zero-order valence-corrected chi connectivity index (χ0v) is 18.7. The molecule has 2 aromatic heterocycles. The number of ether oxygens (including phenoxy) is 1. The summed E-state index contributed by atoms with van der Waals surface area (Å²) in [4.78, 5) is 18.6. The van der Waals surface area contributed by atoms with E-state index in [0.717, 1.165) is 40.7 Å². The summed E-state index contributed by atoms with van der Waals surface area (Å²) < 4.78 is 68.9. The maximum Gasteiger partial charge on any atom is 0.490 e. The van der Waals surface area contributed by atoms with Crippen molar-refractivity contribution in [2.45, 2.75) is 49.2 Å². The standard InChI is InChI=1S/C22H22F3N3O4S/c1-21(2,12-32-20(29)22(23,24)25)28-33(30,31)15-7-5-13(6-8-15)16-9-10-26-19-17(16)11-18(27-19)14-3-4-14/h5-11,14,28H,3-4,12H2,1-2H3,(H,26,27). The minimum absolute atomic E-state index is 0.0699. The summed E-state index contributed by atoms with van der Waals surface area (Å²) in [6, 6.07) is 10.1. The Morgan fingerprint density at radius 3 is 2.45 bits per heavy atom. The number of pyridine rings is 1. The molecule has 176 valence electrons. The number of nitrogens with zero attached hydrogens (tertiary/aromatic N) is 1. The molecule has 2 heterocycles. The lowest BCUT2D eigenvalue weighted by Crippen LogP contribution is -2.48. The van der Waals surface area contributed by atoms with Crippen molar-refractivity contribution in [3.05, 3.63) is 48.3 Å². The molecule has 1 fully saturated rings. The number of hydrogen-bond acceptors (Lipinski definition) is 5. The van der Waals surface area contributed by atoms with E-state index in [1.807, 2.05) is 6.07 Å². The van der Waals surface area contributed by atoms with Gasteiger partial charge in [-0.3, -0.25) is 0 Å². The molecule has 3 aromatic rings. The number of aromatic nitrogens is 2. The topological polar surface area (TPSA) is 101 Å². The normalized spacial score (nSPS) is 15.1. The number of sulfonamides is 1. The van der Waals surface area contributed by atoms with Gasteiger partial charge in [-0.15, -0.1) is 0 Å². The van der Waals surface area contributed by atoms with Crippen LogP contribution in [-0.2, 0) is 19.6 Å². The first kappa shape index (κ1) is 23.2. The van der Waals surface area contributed by atoms with Crippen LogP contribution in [-0.4, -0.2) is 42.7 Å². The fraction of sp³-hybridized carbons (Fsp3) is 0.364. The number of aromatic amines is 1. The highest BCUT2D eigenvalue weighted by atomic mass is 32.2. The van der Waals surface area contributed by atoms with Gasteiger partial charge in [0.2, 0.25) is 10.0 Å². The molecule has 11 heteroatoms. The molecule has 0 unspecified atom stereocenters. The van der Waals surface area contributed by atoms with Crippen LogP contribution in [0.5, 0.6) is 0 Å². The molecule has 0 aliphatic heterocycles. The van der Waals surface area contributed by atoms with Crippen LogP contribution in [0.3, 0.4) is 0 Å². The van der Waals surface area contributed by atoms with E-state index in [0.29, 0.717) is 5.92 Å². The van der Waals surface area contributed by atoms with Crippen molar-refractivity contribution < 1.29 is 31.1 Å². The maximum atomic E-state index is 12.7. The largest absolute Gasteiger partial charge is 0.490 e. The predicted molar refractivity (Wildman–Crippen MR) is 115 cm³/mol. The van der Waals surface area contributed by atoms with Crippen LogP contribution in [0.25, 0.3) is 22.2 Å². The number of fused-ring (bicyclic) bond motifs is 1. The molecule has 7 nitrogen and oxygen atoms in total. The SMILES string of the molecule is CC(C)(COC(=O)C(F)(F)F)NS(=O)(=O)c1ccc(-c2ccnc3[nH]c(C4CC4)cc23)cc1. The summed E-state index contributed by atoms with van der Waals surface area (Å²) in [5, 5.41) is 0.945. The minimum atomic E-state index is -5.15. The summed E-state index contributed by atoms with van der Waals surface area (Å²) in [6.07, 6.45) is -1.18. The fourth-order valence-electron chi connectivity index (χ4n) is 3.51. The third-order valence-corrected chi connectivity index (χ3v) is 6.97. The van der Waals surface area contributed by atoms with Gasteiger partial charge in [-0.2, -0.15) is 13.2 Å². The summed E-state index contributed by atoms with van der Waals surface area (Å²) in [5.74, 6) is -1.85. The molecule has 0 amide bonds. The van der Waals surface area contributed by atoms with Gasteiger partial charge in [0.1, 0.15) is 12.3 Å². The average Bonchev–Trinajstić information content (AvgIpc) is 3.49. The van der Waals surface area contributed by atoms with Crippen molar-refractivity contribution in [2.75, 3.05) is 6.61 Å². The summed E-state index contributed by atoms with van der Waals surface area (Å²) in [5.41, 5.74) is 2.14. The molecule has 1 aliphatic rings. The van der Waals surface area contributed by atoms with Gasteiger partial charge >= 0.3 is 12.1 Å². The molecule has 0 spiro atoms. The highest BCUT2D eigenvalue weighted by Crippen LogP contribution is 2.41. The monoisotopic (exact) mass is 481 g/mol. The molecule has 0 atom stereocenters. The lowest BCUT2D eigenvalue weighted by atomic mass is 10.0. The Balaban J connectivity index is 1.52. The van der Waals surface area contributed by atoms with Gasteiger partial charge in [0.15, 0.2) is 0 Å². The maximum absolute atomic E-state index is 12.7. The van der Waals surface area contributed by atoms with Crippen molar-refractivity contribution in [3.63, 3.8) is 0 Å². The highest BCUT2D eigenvalue weighted by Gasteiger charge is 2.42. The Morgan fingerprint density at radius 1 is 1.18 bits per heavy atom. The van der Waals surface area contributed by atoms with E-state index in [1.54, 1.807) is 18.3 Å². The first-order valence-corrected chi connectivity index (χ1v) is 11.7. The second-order valence-corrected chi connectivity index (χ2v) is 10.4. The molecule has 4 rings (SSSR count). The van der Waals surface area contributed by atoms with Crippen LogP contribution in [0.1, 0.15) is 38.3 Å². The van der Waals surface area contributed by atoms with Gasteiger partial charge in [0.05, 0.1) is 10.4 Å². The zero-order chi connectivity index (χ0) is 24.0. The Morgan fingerprint density at radius 2 is 1.85 bits per heavy atom. The predicted octanol–water partition coefficient (Wildman–Crippen LogP) is 4.27. The first-order valence-electron chi connectivity index (χ1n) is 10.2. The Kier molecular flexibility index (Phi) is 5.73. The van der Waals surface area contributed by atoms with Crippen molar-refractivity contribution >= 4 is 27.0 Å². The van der Waals surface area contributed by atoms with E-state index in [-0.39, 0.29) is 4.90 Å². The third kappa shape index (κ3) is 5.19. The van der Waals surface area contributed by atoms with E-state index in [1.165, 1.54) is 26.0 Å². The number of benzene rings is 1. The van der Waals surface area contributed by atoms with E-state index in [2.05, 4.69) is 25.5 Å². The van der Waals surface area contributed by atoms with Crippen molar-refractivity contribution in [1.29, 1.82) is 0 Å². The van der Waals surface area contributed by atoms with Gasteiger partial charge in [-0.25, -0.2) is 22.9 Å². The molecular formula is C22H22F3N3O4S. The van der Waals surface area contributed by atoms with E-state index in [4.69, 9.17) is 0 Å². The molecule has 1 aromatic carbocycles. The van der Waals surface area contributed by atoms with Crippen LogP contribution in [0.4, 0.5) is 13.2 Å². The van der Waals surface area contributed by atoms with Crippen LogP contribution >= 0.6 is 0 Å². The number of carbonyl (C=O) groups is 1. The highest BCUT2D eigenvalue weighted by molar-refractivity contribution is 7.89. The molecule has 33 heavy (non-hydrogen) atoms.